The number of benzene rings is 1. The topological polar surface area (TPSA) is 30.7 Å². The van der Waals surface area contributed by atoms with E-state index >= 15 is 0 Å². The fourth-order valence-corrected chi connectivity index (χ4v) is 2.44. The Morgan fingerprint density at radius 1 is 1.30 bits per heavy atom. The van der Waals surface area contributed by atoms with Gasteiger partial charge in [-0.25, -0.2) is 0 Å². The molecule has 8 heteroatoms. The fourth-order valence-electron chi connectivity index (χ4n) is 1.85. The summed E-state index contributed by atoms with van der Waals surface area (Å²) in [5.41, 5.74) is -0.856. The summed E-state index contributed by atoms with van der Waals surface area (Å²) in [6.07, 6.45) is -3.27. The molecular formula is C12H10BrClF3N3. The second kappa shape index (κ2) is 5.73. The number of hydrogen-bond acceptors (Lipinski definition) is 2. The Balaban J connectivity index is 2.67. The third-order valence-electron chi connectivity index (χ3n) is 2.67. The van der Waals surface area contributed by atoms with Gasteiger partial charge in [0.25, 0.3) is 0 Å². The zero-order valence-corrected chi connectivity index (χ0v) is 12.7. The van der Waals surface area contributed by atoms with E-state index in [1.807, 2.05) is 6.92 Å². The van der Waals surface area contributed by atoms with Crippen LogP contribution in [0.5, 0.6) is 0 Å². The molecule has 0 amide bonds. The van der Waals surface area contributed by atoms with E-state index in [2.05, 4.69) is 26.1 Å². The molecule has 0 unspecified atom stereocenters. The first-order valence-corrected chi connectivity index (χ1v) is 6.98. The van der Waals surface area contributed by atoms with E-state index in [1.54, 1.807) is 0 Å². The summed E-state index contributed by atoms with van der Waals surface area (Å²) in [7, 11) is 0. The van der Waals surface area contributed by atoms with E-state index in [1.165, 1.54) is 16.7 Å². The van der Waals surface area contributed by atoms with Gasteiger partial charge in [0.1, 0.15) is 5.82 Å². The monoisotopic (exact) mass is 367 g/mol. The first kappa shape index (κ1) is 15.3. The molecule has 1 aromatic carbocycles. The van der Waals surface area contributed by atoms with Gasteiger partial charge in [-0.1, -0.05) is 22.9 Å². The van der Waals surface area contributed by atoms with Crippen molar-refractivity contribution < 1.29 is 13.2 Å². The zero-order chi connectivity index (χ0) is 14.9. The molecule has 3 nitrogen and oxygen atoms in total. The van der Waals surface area contributed by atoms with Crippen LogP contribution in [0.3, 0.4) is 0 Å². The Morgan fingerprint density at radius 2 is 2.00 bits per heavy atom. The molecule has 20 heavy (non-hydrogen) atoms. The second-order valence-electron chi connectivity index (χ2n) is 4.13. The van der Waals surface area contributed by atoms with Crippen LogP contribution in [-0.4, -0.2) is 14.8 Å². The van der Waals surface area contributed by atoms with Gasteiger partial charge in [0, 0.05) is 10.9 Å². The predicted octanol–water partition coefficient (Wildman–Crippen LogP) is 4.65. The molecule has 0 aliphatic heterocycles. The molecule has 0 aliphatic rings. The minimum Gasteiger partial charge on any atom is -0.269 e. The summed E-state index contributed by atoms with van der Waals surface area (Å²) in [6.45, 7) is 1.90. The van der Waals surface area contributed by atoms with E-state index in [0.29, 0.717) is 16.7 Å². The van der Waals surface area contributed by atoms with Crippen LogP contribution in [0.25, 0.3) is 5.69 Å². The largest absolute Gasteiger partial charge is 0.418 e. The summed E-state index contributed by atoms with van der Waals surface area (Å²) >= 11 is 8.93. The highest BCUT2D eigenvalue weighted by Crippen LogP contribution is 2.36. The smallest absolute Gasteiger partial charge is 0.269 e. The number of hydrogen-bond donors (Lipinski definition) is 0. The third-order valence-corrected chi connectivity index (χ3v) is 3.41. The molecular weight excluding hydrogens is 359 g/mol. The van der Waals surface area contributed by atoms with E-state index in [9.17, 15) is 13.2 Å². The first-order valence-electron chi connectivity index (χ1n) is 5.81. The number of nitrogens with zero attached hydrogens (tertiary/aromatic N) is 3. The van der Waals surface area contributed by atoms with Crippen molar-refractivity contribution in [3.63, 3.8) is 0 Å². The van der Waals surface area contributed by atoms with Crippen molar-refractivity contribution in [1.29, 1.82) is 0 Å². The fraction of sp³-hybridized carbons (Fsp3) is 0.333. The Morgan fingerprint density at radius 3 is 2.60 bits per heavy atom. The number of aryl methyl sites for hydroxylation is 1. The second-order valence-corrected chi connectivity index (χ2v) is 5.38. The number of aromatic nitrogens is 3. The normalized spacial score (nSPS) is 11.9. The van der Waals surface area contributed by atoms with Crippen molar-refractivity contribution in [2.45, 2.75) is 25.9 Å². The molecule has 0 saturated carbocycles. The van der Waals surface area contributed by atoms with E-state index in [-0.39, 0.29) is 11.0 Å². The average Bonchev–Trinajstić information content (AvgIpc) is 2.70. The highest BCUT2D eigenvalue weighted by atomic mass is 79.9. The Kier molecular flexibility index (Phi) is 4.39. The third kappa shape index (κ3) is 2.98. The van der Waals surface area contributed by atoms with Gasteiger partial charge in [0.2, 0.25) is 5.28 Å². The molecule has 0 N–H and O–H groups in total. The highest BCUT2D eigenvalue weighted by Gasteiger charge is 2.35. The maximum atomic E-state index is 13.2. The lowest BCUT2D eigenvalue weighted by Crippen LogP contribution is -2.12. The van der Waals surface area contributed by atoms with Crippen molar-refractivity contribution in [3.05, 3.63) is 39.3 Å². The Labute approximate surface area is 126 Å². The van der Waals surface area contributed by atoms with E-state index < -0.39 is 11.7 Å². The van der Waals surface area contributed by atoms with Crippen LogP contribution in [0.4, 0.5) is 13.2 Å². The maximum absolute atomic E-state index is 13.2. The summed E-state index contributed by atoms with van der Waals surface area (Å²) in [5.74, 6) is 0.408. The van der Waals surface area contributed by atoms with Crippen LogP contribution in [0.15, 0.2) is 22.7 Å². The summed E-state index contributed by atoms with van der Waals surface area (Å²) in [4.78, 5) is 0. The van der Waals surface area contributed by atoms with Crippen LogP contribution in [0, 0.1) is 0 Å². The standard InChI is InChI=1S/C12H10BrClF3N3/c1-2-3-10-18-19-11(14)20(10)9-5-4-7(13)6-8(9)12(15,16)17/h4-6H,2-3H2,1H3. The molecule has 0 spiro atoms. The zero-order valence-electron chi connectivity index (χ0n) is 10.4. The number of halogens is 5. The van der Waals surface area contributed by atoms with Crippen LogP contribution in [0.1, 0.15) is 24.7 Å². The molecule has 0 atom stereocenters. The average molecular weight is 369 g/mol. The molecule has 1 aromatic heterocycles. The van der Waals surface area contributed by atoms with Crippen molar-refractivity contribution in [3.8, 4) is 5.69 Å². The van der Waals surface area contributed by atoms with Gasteiger partial charge < -0.3 is 0 Å². The Bertz CT molecular complexity index is 625. The quantitative estimate of drug-likeness (QED) is 0.789. The molecule has 0 fully saturated rings. The van der Waals surface area contributed by atoms with Gasteiger partial charge >= 0.3 is 6.18 Å². The lowest BCUT2D eigenvalue weighted by molar-refractivity contribution is -0.137. The molecule has 0 radical (unpaired) electrons. The first-order chi connectivity index (χ1) is 9.34. The molecule has 108 valence electrons. The number of alkyl halides is 3. The van der Waals surface area contributed by atoms with Crippen molar-refractivity contribution >= 4 is 27.5 Å². The predicted molar refractivity (Wildman–Crippen MR) is 73.1 cm³/mol. The van der Waals surface area contributed by atoms with Gasteiger partial charge in [-0.05, 0) is 36.2 Å². The van der Waals surface area contributed by atoms with Crippen molar-refractivity contribution in [1.82, 2.24) is 14.8 Å². The summed E-state index contributed by atoms with van der Waals surface area (Å²) in [5, 5.41) is 7.40. The molecule has 0 bridgehead atoms. The summed E-state index contributed by atoms with van der Waals surface area (Å²) < 4.78 is 41.0. The SMILES string of the molecule is CCCc1nnc(Cl)n1-c1ccc(Br)cc1C(F)(F)F. The van der Waals surface area contributed by atoms with Gasteiger partial charge in [-0.3, -0.25) is 4.57 Å². The van der Waals surface area contributed by atoms with E-state index in [0.717, 1.165) is 12.5 Å². The molecule has 0 saturated heterocycles. The van der Waals surface area contributed by atoms with Crippen molar-refractivity contribution in [2.24, 2.45) is 0 Å². The van der Waals surface area contributed by atoms with Gasteiger partial charge in [0.15, 0.2) is 0 Å². The molecule has 1 heterocycles. The lowest BCUT2D eigenvalue weighted by atomic mass is 10.1. The minimum atomic E-state index is -4.49. The van der Waals surface area contributed by atoms with Crippen LogP contribution < -0.4 is 0 Å². The summed E-state index contributed by atoms with van der Waals surface area (Å²) in [6, 6.07) is 3.89. The minimum absolute atomic E-state index is 0.0702. The Hall–Kier alpha value is -1.08. The molecule has 0 aliphatic carbocycles. The number of rotatable bonds is 3. The maximum Gasteiger partial charge on any atom is 0.418 e. The van der Waals surface area contributed by atoms with E-state index in [4.69, 9.17) is 11.6 Å². The molecule has 2 rings (SSSR count). The van der Waals surface area contributed by atoms with Crippen molar-refractivity contribution in [2.75, 3.05) is 0 Å². The van der Waals surface area contributed by atoms with Gasteiger partial charge in [-0.2, -0.15) is 13.2 Å². The van der Waals surface area contributed by atoms with Crippen LogP contribution in [0.2, 0.25) is 5.28 Å². The van der Waals surface area contributed by atoms with Gasteiger partial charge in [0.05, 0.1) is 11.3 Å². The highest BCUT2D eigenvalue weighted by molar-refractivity contribution is 9.10. The van der Waals surface area contributed by atoms with Crippen LogP contribution in [-0.2, 0) is 12.6 Å². The van der Waals surface area contributed by atoms with Crippen LogP contribution >= 0.6 is 27.5 Å². The molecule has 2 aromatic rings. The lowest BCUT2D eigenvalue weighted by Gasteiger charge is -2.15. The van der Waals surface area contributed by atoms with Gasteiger partial charge in [-0.15, -0.1) is 10.2 Å².